The van der Waals surface area contributed by atoms with Gasteiger partial charge < -0.3 is 5.32 Å². The van der Waals surface area contributed by atoms with Gasteiger partial charge in [-0.2, -0.15) is 5.10 Å². The molecule has 1 aliphatic heterocycles. The zero-order valence-electron chi connectivity index (χ0n) is 10.7. The van der Waals surface area contributed by atoms with E-state index in [1.165, 1.54) is 12.0 Å². The van der Waals surface area contributed by atoms with Gasteiger partial charge in [0.1, 0.15) is 0 Å². The van der Waals surface area contributed by atoms with Crippen molar-refractivity contribution >= 4 is 23.0 Å². The fourth-order valence-electron chi connectivity index (χ4n) is 1.90. The van der Waals surface area contributed by atoms with Crippen LogP contribution in [0.4, 0.5) is 0 Å². The van der Waals surface area contributed by atoms with Gasteiger partial charge in [0.25, 0.3) is 0 Å². The van der Waals surface area contributed by atoms with Crippen molar-refractivity contribution in [3.63, 3.8) is 0 Å². The maximum absolute atomic E-state index is 5.34. The Hall–Kier alpha value is -1.42. The average Bonchev–Trinajstić information content (AvgIpc) is 2.89. The Balaban J connectivity index is 1.94. The van der Waals surface area contributed by atoms with Crippen LogP contribution in [0.25, 0.3) is 0 Å². The van der Waals surface area contributed by atoms with Crippen molar-refractivity contribution in [3.05, 3.63) is 35.9 Å². The summed E-state index contributed by atoms with van der Waals surface area (Å²) in [6.07, 6.45) is 3.27. The average molecular weight is 261 g/mol. The van der Waals surface area contributed by atoms with Gasteiger partial charge in [-0.3, -0.25) is 0 Å². The minimum absolute atomic E-state index is 0.745. The highest BCUT2D eigenvalue weighted by Gasteiger charge is 2.18. The summed E-state index contributed by atoms with van der Waals surface area (Å²) >= 11 is 5.34. The van der Waals surface area contributed by atoms with Crippen LogP contribution in [0.1, 0.15) is 31.7 Å². The van der Waals surface area contributed by atoms with Crippen LogP contribution in [0.2, 0.25) is 0 Å². The predicted molar refractivity (Wildman–Crippen MR) is 79.8 cm³/mol. The fraction of sp³-hybridized carbons (Fsp3) is 0.429. The van der Waals surface area contributed by atoms with Gasteiger partial charge in [0.15, 0.2) is 5.11 Å². The van der Waals surface area contributed by atoms with Crippen molar-refractivity contribution in [3.8, 4) is 0 Å². The van der Waals surface area contributed by atoms with Gasteiger partial charge in [-0.1, -0.05) is 43.7 Å². The molecule has 0 unspecified atom stereocenters. The molecule has 1 aliphatic rings. The van der Waals surface area contributed by atoms with Crippen LogP contribution < -0.4 is 5.32 Å². The summed E-state index contributed by atoms with van der Waals surface area (Å²) in [5, 5.41) is 10.5. The van der Waals surface area contributed by atoms with Crippen LogP contribution in [0.15, 0.2) is 35.4 Å². The first-order chi connectivity index (χ1) is 8.81. The van der Waals surface area contributed by atoms with E-state index in [1.54, 1.807) is 0 Å². The van der Waals surface area contributed by atoms with Gasteiger partial charge >= 0.3 is 0 Å². The molecule has 1 aromatic carbocycles. The van der Waals surface area contributed by atoms with E-state index in [2.05, 4.69) is 29.5 Å². The molecular formula is C14H19N3S. The number of hydrogen-bond acceptors (Lipinski definition) is 2. The third-order valence-electron chi connectivity index (χ3n) is 2.95. The fourth-order valence-corrected chi connectivity index (χ4v) is 2.13. The lowest BCUT2D eigenvalue weighted by Gasteiger charge is -2.15. The molecule has 0 bridgehead atoms. The first-order valence-electron chi connectivity index (χ1n) is 6.49. The summed E-state index contributed by atoms with van der Waals surface area (Å²) in [6, 6.07) is 10.3. The quantitative estimate of drug-likeness (QED) is 0.667. The SMILES string of the molecule is CCCCNC(=S)N1CCC(c2ccccc2)=N1. The second-order valence-corrected chi connectivity index (χ2v) is 4.76. The minimum Gasteiger partial charge on any atom is -0.361 e. The van der Waals surface area contributed by atoms with Crippen molar-refractivity contribution in [1.82, 2.24) is 10.3 Å². The number of hydrogen-bond donors (Lipinski definition) is 1. The highest BCUT2D eigenvalue weighted by molar-refractivity contribution is 7.80. The molecule has 4 heteroatoms. The summed E-state index contributed by atoms with van der Waals surface area (Å²) in [4.78, 5) is 0. The summed E-state index contributed by atoms with van der Waals surface area (Å²) in [5.74, 6) is 0. The Kier molecular flexibility index (Phi) is 4.70. The molecule has 0 amide bonds. The first kappa shape index (κ1) is 13.0. The lowest BCUT2D eigenvalue weighted by atomic mass is 10.1. The number of hydrazone groups is 1. The Morgan fingerprint density at radius 2 is 2.17 bits per heavy atom. The van der Waals surface area contributed by atoms with E-state index in [-0.39, 0.29) is 0 Å². The molecule has 2 rings (SSSR count). The topological polar surface area (TPSA) is 27.6 Å². The van der Waals surface area contributed by atoms with Crippen LogP contribution in [0, 0.1) is 0 Å². The highest BCUT2D eigenvalue weighted by atomic mass is 32.1. The smallest absolute Gasteiger partial charge is 0.189 e. The van der Waals surface area contributed by atoms with Crippen molar-refractivity contribution in [2.24, 2.45) is 5.10 Å². The second-order valence-electron chi connectivity index (χ2n) is 4.37. The Morgan fingerprint density at radius 3 is 2.89 bits per heavy atom. The zero-order chi connectivity index (χ0) is 12.8. The Bertz CT molecular complexity index is 428. The summed E-state index contributed by atoms with van der Waals surface area (Å²) < 4.78 is 0. The summed E-state index contributed by atoms with van der Waals surface area (Å²) in [6.45, 7) is 3.98. The molecule has 96 valence electrons. The van der Waals surface area contributed by atoms with Gasteiger partial charge in [0.05, 0.1) is 5.71 Å². The van der Waals surface area contributed by atoms with Gasteiger partial charge in [-0.05, 0) is 24.2 Å². The van der Waals surface area contributed by atoms with Crippen LogP contribution in [-0.4, -0.2) is 28.9 Å². The molecule has 0 saturated carbocycles. The molecule has 1 aromatic rings. The van der Waals surface area contributed by atoms with E-state index < -0.39 is 0 Å². The maximum atomic E-state index is 5.34. The van der Waals surface area contributed by atoms with Crippen LogP contribution in [0.3, 0.4) is 0 Å². The lowest BCUT2D eigenvalue weighted by molar-refractivity contribution is 0.478. The number of benzene rings is 1. The van der Waals surface area contributed by atoms with Gasteiger partial charge in [0.2, 0.25) is 0 Å². The van der Waals surface area contributed by atoms with E-state index in [4.69, 9.17) is 12.2 Å². The van der Waals surface area contributed by atoms with Crippen molar-refractivity contribution in [2.75, 3.05) is 13.1 Å². The van der Waals surface area contributed by atoms with Gasteiger partial charge in [-0.15, -0.1) is 0 Å². The minimum atomic E-state index is 0.745. The lowest BCUT2D eigenvalue weighted by Crippen LogP contribution is -2.35. The Morgan fingerprint density at radius 1 is 1.39 bits per heavy atom. The number of nitrogens with zero attached hydrogens (tertiary/aromatic N) is 2. The molecule has 0 fully saturated rings. The first-order valence-corrected chi connectivity index (χ1v) is 6.90. The predicted octanol–water partition coefficient (Wildman–Crippen LogP) is 2.77. The molecule has 1 N–H and O–H groups in total. The van der Waals surface area contributed by atoms with E-state index in [1.807, 2.05) is 23.2 Å². The molecule has 1 heterocycles. The number of thiocarbonyl (C=S) groups is 1. The Labute approximate surface area is 114 Å². The van der Waals surface area contributed by atoms with Crippen molar-refractivity contribution < 1.29 is 0 Å². The molecule has 18 heavy (non-hydrogen) atoms. The van der Waals surface area contributed by atoms with E-state index in [9.17, 15) is 0 Å². The number of nitrogens with one attached hydrogen (secondary N) is 1. The molecule has 0 saturated heterocycles. The highest BCUT2D eigenvalue weighted by Crippen LogP contribution is 2.13. The van der Waals surface area contributed by atoms with Gasteiger partial charge in [0, 0.05) is 19.5 Å². The standard InChI is InChI=1S/C14H19N3S/c1-2-3-10-15-14(18)17-11-9-13(16-17)12-7-5-4-6-8-12/h4-8H,2-3,9-11H2,1H3,(H,15,18). The maximum Gasteiger partial charge on any atom is 0.189 e. The van der Waals surface area contributed by atoms with Crippen LogP contribution in [0.5, 0.6) is 0 Å². The molecule has 3 nitrogen and oxygen atoms in total. The monoisotopic (exact) mass is 261 g/mol. The molecule has 0 atom stereocenters. The molecule has 0 radical (unpaired) electrons. The normalized spacial score (nSPS) is 14.5. The van der Waals surface area contributed by atoms with E-state index >= 15 is 0 Å². The largest absolute Gasteiger partial charge is 0.361 e. The molecule has 0 aromatic heterocycles. The van der Waals surface area contributed by atoms with E-state index in [0.717, 1.165) is 36.8 Å². The number of unbranched alkanes of at least 4 members (excludes halogenated alkanes) is 1. The number of rotatable bonds is 4. The molecule has 0 aliphatic carbocycles. The van der Waals surface area contributed by atoms with Crippen molar-refractivity contribution in [2.45, 2.75) is 26.2 Å². The van der Waals surface area contributed by atoms with Crippen LogP contribution >= 0.6 is 12.2 Å². The summed E-state index contributed by atoms with van der Waals surface area (Å²) in [5.41, 5.74) is 2.31. The van der Waals surface area contributed by atoms with Crippen LogP contribution in [-0.2, 0) is 0 Å². The molecular weight excluding hydrogens is 242 g/mol. The third-order valence-corrected chi connectivity index (χ3v) is 3.30. The molecule has 0 spiro atoms. The van der Waals surface area contributed by atoms with Gasteiger partial charge in [-0.25, -0.2) is 5.01 Å². The zero-order valence-corrected chi connectivity index (χ0v) is 11.5. The second kappa shape index (κ2) is 6.50. The summed E-state index contributed by atoms with van der Waals surface area (Å²) in [7, 11) is 0. The third kappa shape index (κ3) is 3.29. The van der Waals surface area contributed by atoms with Crippen molar-refractivity contribution in [1.29, 1.82) is 0 Å². The van der Waals surface area contributed by atoms with E-state index in [0.29, 0.717) is 0 Å².